The Morgan fingerprint density at radius 1 is 0.824 bits per heavy atom. The first-order valence-electron chi connectivity index (χ1n) is 5.07. The summed E-state index contributed by atoms with van der Waals surface area (Å²) in [6, 6.07) is 20.0. The minimum atomic E-state index is 0. The predicted octanol–water partition coefficient (Wildman–Crippen LogP) is 4.10. The molecule has 0 N–H and O–H groups in total. The molecule has 0 fully saturated rings. The molecule has 0 radical (unpaired) electrons. The molecule has 0 atom stereocenters. The van der Waals surface area contributed by atoms with Crippen LogP contribution in [0.1, 0.15) is 16.7 Å². The molecule has 0 saturated carbocycles. The zero-order chi connectivity index (χ0) is 11.1. The molecular weight excluding hydrogens is 284 g/mol. The number of benzene rings is 2. The van der Waals surface area contributed by atoms with Gasteiger partial charge < -0.3 is 0 Å². The van der Waals surface area contributed by atoms with Crippen molar-refractivity contribution in [2.75, 3.05) is 0 Å². The summed E-state index contributed by atoms with van der Waals surface area (Å²) < 4.78 is 0. The van der Waals surface area contributed by atoms with Crippen molar-refractivity contribution in [2.24, 2.45) is 0 Å². The van der Waals surface area contributed by atoms with E-state index < -0.39 is 0 Å². The maximum atomic E-state index is 3.21. The summed E-state index contributed by atoms with van der Waals surface area (Å²) in [5.74, 6) is 0. The second-order valence-corrected chi connectivity index (χ2v) is 3.60. The van der Waals surface area contributed by atoms with Gasteiger partial charge >= 0.3 is 23.1 Å². The van der Waals surface area contributed by atoms with Crippen molar-refractivity contribution >= 4 is 40.0 Å². The van der Waals surface area contributed by atoms with Crippen LogP contribution in [0.15, 0.2) is 42.5 Å². The third kappa shape index (κ3) is 9.39. The molecule has 0 aliphatic carbocycles. The minimum Gasteiger partial charge on any atom is -0.184 e. The van der Waals surface area contributed by atoms with Gasteiger partial charge in [-0.25, -0.2) is 0 Å². The van der Waals surface area contributed by atoms with E-state index in [-0.39, 0.29) is 40.0 Å². The van der Waals surface area contributed by atoms with Gasteiger partial charge in [0, 0.05) is 0 Å². The van der Waals surface area contributed by atoms with Crippen LogP contribution in [0, 0.1) is 32.9 Å². The van der Waals surface area contributed by atoms with E-state index in [4.69, 9.17) is 0 Å². The van der Waals surface area contributed by atoms with E-state index >= 15 is 0 Å². The predicted molar refractivity (Wildman–Crippen MR) is 80.8 cm³/mol. The third-order valence-corrected chi connectivity index (χ3v) is 1.89. The largest absolute Gasteiger partial charge is 2.00 e. The summed E-state index contributed by atoms with van der Waals surface area (Å²) in [6.07, 6.45) is 0. The van der Waals surface area contributed by atoms with Crippen molar-refractivity contribution in [3.63, 3.8) is 0 Å². The van der Waals surface area contributed by atoms with E-state index in [1.165, 1.54) is 16.7 Å². The van der Waals surface area contributed by atoms with Crippen LogP contribution in [0.2, 0.25) is 0 Å². The van der Waals surface area contributed by atoms with Gasteiger partial charge in [-0.2, -0.15) is 71.3 Å². The van der Waals surface area contributed by atoms with Gasteiger partial charge in [-0.15, -0.1) is 17.0 Å². The van der Waals surface area contributed by atoms with Gasteiger partial charge in [0.15, 0.2) is 0 Å². The maximum absolute atomic E-state index is 3.21. The van der Waals surface area contributed by atoms with Crippen LogP contribution >= 0.6 is 17.0 Å². The van der Waals surface area contributed by atoms with Gasteiger partial charge in [0.1, 0.15) is 0 Å². The summed E-state index contributed by atoms with van der Waals surface area (Å²) >= 11 is 0. The molecule has 0 aliphatic rings. The smallest absolute Gasteiger partial charge is 0.184 e. The average molecular weight is 302 g/mol. The van der Waals surface area contributed by atoms with Gasteiger partial charge in [-0.1, -0.05) is 20.8 Å². The molecule has 0 saturated heterocycles. The summed E-state index contributed by atoms with van der Waals surface area (Å²) in [4.78, 5) is 0. The van der Waals surface area contributed by atoms with E-state index in [1.54, 1.807) is 0 Å². The Bertz CT molecular complexity index is 322. The van der Waals surface area contributed by atoms with Gasteiger partial charge in [0.25, 0.3) is 0 Å². The quantitative estimate of drug-likeness (QED) is 0.508. The summed E-state index contributed by atoms with van der Waals surface area (Å²) in [6.45, 7) is 6.24. The van der Waals surface area contributed by atoms with E-state index in [1.807, 2.05) is 30.3 Å². The second kappa shape index (κ2) is 10.8. The SMILES string of the molecule is Br.Cc1[c-]c(C)cc(C)c1.[Mg+2].[c-]1ccccc1. The molecule has 86 valence electrons. The van der Waals surface area contributed by atoms with Crippen LogP contribution in [0.4, 0.5) is 0 Å². The number of rotatable bonds is 0. The summed E-state index contributed by atoms with van der Waals surface area (Å²) in [5, 5.41) is 0. The van der Waals surface area contributed by atoms with E-state index in [2.05, 4.69) is 45.0 Å². The van der Waals surface area contributed by atoms with Crippen molar-refractivity contribution in [1.29, 1.82) is 0 Å². The first kappa shape index (κ1) is 19.0. The Balaban J connectivity index is 0. The molecule has 0 heterocycles. The molecule has 17 heavy (non-hydrogen) atoms. The Morgan fingerprint density at radius 3 is 1.53 bits per heavy atom. The number of hydrogen-bond donors (Lipinski definition) is 0. The van der Waals surface area contributed by atoms with Gasteiger partial charge in [-0.05, 0) is 0 Å². The van der Waals surface area contributed by atoms with Crippen LogP contribution in [0.5, 0.6) is 0 Å². The molecule has 0 bridgehead atoms. The Morgan fingerprint density at radius 2 is 1.29 bits per heavy atom. The van der Waals surface area contributed by atoms with Crippen molar-refractivity contribution in [3.05, 3.63) is 71.3 Å². The third-order valence-electron chi connectivity index (χ3n) is 1.89. The Hall–Kier alpha value is -0.314. The van der Waals surface area contributed by atoms with Crippen molar-refractivity contribution in [2.45, 2.75) is 20.8 Å². The van der Waals surface area contributed by atoms with Gasteiger partial charge in [-0.3, -0.25) is 0 Å². The standard InChI is InChI=1S/C9H11.C6H5.BrH.Mg/c1-7-4-8(2)6-9(3)5-7;1-2-4-6-5-3-1;;/h4-5H,1-3H3;1-5H;1H;/q2*-1;;+2. The Labute approximate surface area is 131 Å². The van der Waals surface area contributed by atoms with Crippen LogP contribution in [0.25, 0.3) is 0 Å². The van der Waals surface area contributed by atoms with Crippen molar-refractivity contribution in [3.8, 4) is 0 Å². The summed E-state index contributed by atoms with van der Waals surface area (Å²) in [7, 11) is 0. The number of hydrogen-bond acceptors (Lipinski definition) is 0. The molecule has 2 heteroatoms. The molecule has 0 spiro atoms. The van der Waals surface area contributed by atoms with Gasteiger partial charge in [0.05, 0.1) is 0 Å². The molecular formula is C15H17BrMg. The first-order valence-corrected chi connectivity index (χ1v) is 5.07. The molecule has 0 unspecified atom stereocenters. The van der Waals surface area contributed by atoms with Crippen LogP contribution in [0.3, 0.4) is 0 Å². The molecule has 0 aromatic heterocycles. The zero-order valence-corrected chi connectivity index (χ0v) is 13.8. The fraction of sp³-hybridized carbons (Fsp3) is 0.200. The molecule has 2 aromatic carbocycles. The Kier molecular flexibility index (Phi) is 12.1. The fourth-order valence-electron chi connectivity index (χ4n) is 1.45. The normalized spacial score (nSPS) is 7.94. The van der Waals surface area contributed by atoms with E-state index in [0.29, 0.717) is 0 Å². The van der Waals surface area contributed by atoms with E-state index in [9.17, 15) is 0 Å². The average Bonchev–Trinajstić information content (AvgIpc) is 2.19. The van der Waals surface area contributed by atoms with E-state index in [0.717, 1.165) is 0 Å². The van der Waals surface area contributed by atoms with Crippen LogP contribution < -0.4 is 0 Å². The van der Waals surface area contributed by atoms with Gasteiger partial charge in [0.2, 0.25) is 0 Å². The first-order chi connectivity index (χ1) is 7.18. The number of halogens is 1. The second-order valence-electron chi connectivity index (χ2n) is 3.60. The molecule has 0 amide bonds. The number of aryl methyl sites for hydroxylation is 3. The summed E-state index contributed by atoms with van der Waals surface area (Å²) in [5.41, 5.74) is 3.78. The van der Waals surface area contributed by atoms with Crippen molar-refractivity contribution in [1.82, 2.24) is 0 Å². The molecule has 0 nitrogen and oxygen atoms in total. The molecule has 0 aliphatic heterocycles. The zero-order valence-electron chi connectivity index (χ0n) is 10.7. The topological polar surface area (TPSA) is 0 Å². The van der Waals surface area contributed by atoms with Crippen LogP contribution in [-0.2, 0) is 0 Å². The molecule has 2 rings (SSSR count). The molecule has 2 aromatic rings. The van der Waals surface area contributed by atoms with Crippen LogP contribution in [-0.4, -0.2) is 23.1 Å². The van der Waals surface area contributed by atoms with Crippen molar-refractivity contribution < 1.29 is 0 Å². The fourth-order valence-corrected chi connectivity index (χ4v) is 1.45. The maximum Gasteiger partial charge on any atom is 2.00 e. The monoisotopic (exact) mass is 300 g/mol. The minimum absolute atomic E-state index is 0.